The molecule has 1 saturated heterocycles. The molecule has 1 aliphatic rings. The maximum Gasteiger partial charge on any atom is 0.340 e. The van der Waals surface area contributed by atoms with Crippen LogP contribution < -0.4 is 5.32 Å². The molecule has 1 atom stereocenters. The molecule has 2 aromatic rings. The van der Waals surface area contributed by atoms with E-state index >= 15 is 0 Å². The third-order valence-corrected chi connectivity index (χ3v) is 6.77. The molecule has 0 aromatic heterocycles. The predicted octanol–water partition coefficient (Wildman–Crippen LogP) is 2.68. The van der Waals surface area contributed by atoms with Crippen molar-refractivity contribution in [3.05, 3.63) is 58.9 Å². The fourth-order valence-corrected chi connectivity index (χ4v) is 4.46. The van der Waals surface area contributed by atoms with E-state index in [1.165, 1.54) is 47.6 Å². The molecular formula is C20H20ClFN2O6S. The normalized spacial score (nSPS) is 15.8. The number of rotatable bonds is 6. The summed E-state index contributed by atoms with van der Waals surface area (Å²) in [6.07, 6.45) is -1.29. The molecule has 1 heterocycles. The number of anilines is 1. The maximum atomic E-state index is 13.7. The first-order chi connectivity index (χ1) is 14.7. The minimum Gasteiger partial charge on any atom is -0.449 e. The third kappa shape index (κ3) is 5.40. The first-order valence-electron chi connectivity index (χ1n) is 9.34. The number of carbonyl (C=O) groups is 2. The highest BCUT2D eigenvalue weighted by atomic mass is 35.5. The van der Waals surface area contributed by atoms with Gasteiger partial charge in [-0.2, -0.15) is 4.31 Å². The van der Waals surface area contributed by atoms with Gasteiger partial charge in [0.1, 0.15) is 5.82 Å². The van der Waals surface area contributed by atoms with Crippen molar-refractivity contribution in [1.82, 2.24) is 4.31 Å². The number of morpholine rings is 1. The van der Waals surface area contributed by atoms with Crippen LogP contribution >= 0.6 is 11.6 Å². The number of carbonyl (C=O) groups excluding carboxylic acids is 2. The molecule has 2 aromatic carbocycles. The molecule has 8 nitrogen and oxygen atoms in total. The van der Waals surface area contributed by atoms with E-state index in [-0.39, 0.29) is 47.5 Å². The summed E-state index contributed by atoms with van der Waals surface area (Å²) in [6, 6.07) is 9.21. The molecule has 0 bridgehead atoms. The summed E-state index contributed by atoms with van der Waals surface area (Å²) < 4.78 is 50.9. The van der Waals surface area contributed by atoms with Crippen molar-refractivity contribution in [2.24, 2.45) is 0 Å². The summed E-state index contributed by atoms with van der Waals surface area (Å²) in [5.41, 5.74) is -0.270. The smallest absolute Gasteiger partial charge is 0.340 e. The number of ether oxygens (including phenoxy) is 2. The van der Waals surface area contributed by atoms with Crippen molar-refractivity contribution in [3.63, 3.8) is 0 Å². The van der Waals surface area contributed by atoms with Gasteiger partial charge in [0.05, 0.1) is 34.4 Å². The number of nitrogens with one attached hydrogen (secondary N) is 1. The number of halogens is 2. The van der Waals surface area contributed by atoms with Crippen molar-refractivity contribution in [3.8, 4) is 0 Å². The SMILES string of the molecule is CC(OC(=O)c1cc(S(=O)(=O)N2CCOCC2)ccc1Cl)C(=O)Nc1ccccc1F. The second kappa shape index (κ2) is 9.73. The average molecular weight is 471 g/mol. The van der Waals surface area contributed by atoms with Crippen molar-refractivity contribution in [2.45, 2.75) is 17.9 Å². The summed E-state index contributed by atoms with van der Waals surface area (Å²) in [5.74, 6) is -2.38. The van der Waals surface area contributed by atoms with Crippen LogP contribution in [0.2, 0.25) is 5.02 Å². The fourth-order valence-electron chi connectivity index (χ4n) is 2.83. The van der Waals surface area contributed by atoms with Crippen LogP contribution in [-0.4, -0.2) is 57.0 Å². The highest BCUT2D eigenvalue weighted by Gasteiger charge is 2.28. The summed E-state index contributed by atoms with van der Waals surface area (Å²) in [5, 5.41) is 2.29. The van der Waals surface area contributed by atoms with E-state index in [0.29, 0.717) is 0 Å². The Morgan fingerprint density at radius 3 is 2.55 bits per heavy atom. The number of para-hydroxylation sites is 1. The van der Waals surface area contributed by atoms with Gasteiger partial charge in [0.25, 0.3) is 5.91 Å². The minimum absolute atomic E-state index is 0.0346. The molecular weight excluding hydrogens is 451 g/mol. The maximum absolute atomic E-state index is 13.7. The number of esters is 1. The van der Waals surface area contributed by atoms with Crippen LogP contribution in [0.3, 0.4) is 0 Å². The molecule has 1 fully saturated rings. The third-order valence-electron chi connectivity index (χ3n) is 4.55. The summed E-state index contributed by atoms with van der Waals surface area (Å²) >= 11 is 6.06. The molecule has 166 valence electrons. The van der Waals surface area contributed by atoms with Crippen LogP contribution in [0.25, 0.3) is 0 Å². The molecule has 0 spiro atoms. The van der Waals surface area contributed by atoms with Gasteiger partial charge in [-0.25, -0.2) is 17.6 Å². The lowest BCUT2D eigenvalue weighted by molar-refractivity contribution is -0.123. The summed E-state index contributed by atoms with van der Waals surface area (Å²) in [6.45, 7) is 2.24. The second-order valence-electron chi connectivity index (χ2n) is 6.67. The second-order valence-corrected chi connectivity index (χ2v) is 9.02. The zero-order valence-corrected chi connectivity index (χ0v) is 18.1. The Morgan fingerprint density at radius 2 is 1.87 bits per heavy atom. The molecule has 3 rings (SSSR count). The Hall–Kier alpha value is -2.53. The number of hydrogen-bond donors (Lipinski definition) is 1. The lowest BCUT2D eigenvalue weighted by Crippen LogP contribution is -2.40. The molecule has 0 saturated carbocycles. The van der Waals surface area contributed by atoms with Gasteiger partial charge in [0.15, 0.2) is 6.10 Å². The van der Waals surface area contributed by atoms with Gasteiger partial charge in [-0.15, -0.1) is 0 Å². The standard InChI is InChI=1S/C20H20ClFN2O6S/c1-13(19(25)23-18-5-3-2-4-17(18)22)30-20(26)15-12-14(6-7-16(15)21)31(27,28)24-8-10-29-11-9-24/h2-7,12-13H,8-11H2,1H3,(H,23,25). The van der Waals surface area contributed by atoms with E-state index in [4.69, 9.17) is 21.1 Å². The topological polar surface area (TPSA) is 102 Å². The highest BCUT2D eigenvalue weighted by Crippen LogP contribution is 2.25. The van der Waals surface area contributed by atoms with Gasteiger partial charge in [-0.1, -0.05) is 23.7 Å². The van der Waals surface area contributed by atoms with Gasteiger partial charge >= 0.3 is 5.97 Å². The van der Waals surface area contributed by atoms with Crippen LogP contribution in [0.4, 0.5) is 10.1 Å². The van der Waals surface area contributed by atoms with Crippen molar-refractivity contribution in [1.29, 1.82) is 0 Å². The van der Waals surface area contributed by atoms with Gasteiger partial charge < -0.3 is 14.8 Å². The zero-order chi connectivity index (χ0) is 22.6. The molecule has 1 aliphatic heterocycles. The molecule has 0 aliphatic carbocycles. The van der Waals surface area contributed by atoms with E-state index < -0.39 is 33.8 Å². The quantitative estimate of drug-likeness (QED) is 0.651. The van der Waals surface area contributed by atoms with Crippen LogP contribution in [0.5, 0.6) is 0 Å². The van der Waals surface area contributed by atoms with Gasteiger partial charge in [-0.3, -0.25) is 4.79 Å². The first-order valence-corrected chi connectivity index (χ1v) is 11.2. The minimum atomic E-state index is -3.86. The number of benzene rings is 2. The van der Waals surface area contributed by atoms with E-state index in [9.17, 15) is 22.4 Å². The Bertz CT molecular complexity index is 1090. The Labute approximate surface area is 183 Å². The molecule has 0 radical (unpaired) electrons. The Balaban J connectivity index is 1.74. The summed E-state index contributed by atoms with van der Waals surface area (Å²) in [4.78, 5) is 24.7. The molecule has 11 heteroatoms. The lowest BCUT2D eigenvalue weighted by Gasteiger charge is -2.26. The van der Waals surface area contributed by atoms with E-state index in [2.05, 4.69) is 5.32 Å². The van der Waals surface area contributed by atoms with Crippen molar-refractivity contribution < 1.29 is 31.9 Å². The number of amides is 1. The Morgan fingerprint density at radius 1 is 1.19 bits per heavy atom. The zero-order valence-electron chi connectivity index (χ0n) is 16.5. The largest absolute Gasteiger partial charge is 0.449 e. The van der Waals surface area contributed by atoms with Crippen LogP contribution in [0.1, 0.15) is 17.3 Å². The Kier molecular flexibility index (Phi) is 7.26. The van der Waals surface area contributed by atoms with Crippen LogP contribution in [0.15, 0.2) is 47.4 Å². The van der Waals surface area contributed by atoms with E-state index in [1.807, 2.05) is 0 Å². The number of sulfonamides is 1. The fraction of sp³-hybridized carbons (Fsp3) is 0.300. The number of hydrogen-bond acceptors (Lipinski definition) is 6. The highest BCUT2D eigenvalue weighted by molar-refractivity contribution is 7.89. The average Bonchev–Trinajstić information content (AvgIpc) is 2.76. The van der Waals surface area contributed by atoms with Crippen LogP contribution in [0, 0.1) is 5.82 Å². The molecule has 1 unspecified atom stereocenters. The monoisotopic (exact) mass is 470 g/mol. The molecule has 1 N–H and O–H groups in total. The summed E-state index contributed by atoms with van der Waals surface area (Å²) in [7, 11) is -3.86. The van der Waals surface area contributed by atoms with Crippen molar-refractivity contribution >= 4 is 39.2 Å². The van der Waals surface area contributed by atoms with Gasteiger partial charge in [0, 0.05) is 13.1 Å². The first kappa shape index (κ1) is 23.1. The van der Waals surface area contributed by atoms with Gasteiger partial charge in [-0.05, 0) is 37.3 Å². The van der Waals surface area contributed by atoms with Gasteiger partial charge in [0.2, 0.25) is 10.0 Å². The molecule has 1 amide bonds. The molecule has 31 heavy (non-hydrogen) atoms. The van der Waals surface area contributed by atoms with E-state index in [1.54, 1.807) is 0 Å². The predicted molar refractivity (Wildman–Crippen MR) is 111 cm³/mol. The van der Waals surface area contributed by atoms with Crippen LogP contribution in [-0.2, 0) is 24.3 Å². The number of nitrogens with zero attached hydrogens (tertiary/aromatic N) is 1. The van der Waals surface area contributed by atoms with Crippen molar-refractivity contribution in [2.75, 3.05) is 31.6 Å². The lowest BCUT2D eigenvalue weighted by atomic mass is 10.2. The van der Waals surface area contributed by atoms with E-state index in [0.717, 1.165) is 6.07 Å².